The summed E-state index contributed by atoms with van der Waals surface area (Å²) in [6.07, 6.45) is 6.00. The molecule has 0 radical (unpaired) electrons. The van der Waals surface area contributed by atoms with Gasteiger partial charge in [0.2, 0.25) is 17.8 Å². The number of nitrogens with zero attached hydrogens (tertiary/aromatic N) is 6. The molecular weight excluding hydrogens is 778 g/mol. The van der Waals surface area contributed by atoms with Crippen molar-refractivity contribution in [3.63, 3.8) is 0 Å². The number of amides is 3. The monoisotopic (exact) mass is 826 g/mol. The minimum Gasteiger partial charge on any atom is -0.446 e. The van der Waals surface area contributed by atoms with Crippen LogP contribution in [0, 0.1) is 17.6 Å². The SMILES string of the molecule is O=C1CCC(CCc2ccc(N3CCC(N4CCN(C(=O)OC5CCC(Nc6ncc(F)c(-c7cccc(-n8ccccc8=O)c7)n6)CC5)CC4)C(F)C3)c(F)c2)C(=O)N1. The van der Waals surface area contributed by atoms with Crippen LogP contribution in [-0.2, 0) is 20.7 Å². The summed E-state index contributed by atoms with van der Waals surface area (Å²) in [6, 6.07) is 16.5. The van der Waals surface area contributed by atoms with Crippen molar-refractivity contribution >= 4 is 29.5 Å². The van der Waals surface area contributed by atoms with Gasteiger partial charge in [-0.15, -0.1) is 0 Å². The summed E-state index contributed by atoms with van der Waals surface area (Å²) >= 11 is 0. The van der Waals surface area contributed by atoms with Crippen molar-refractivity contribution in [2.45, 2.75) is 82.1 Å². The Kier molecular flexibility index (Phi) is 12.5. The van der Waals surface area contributed by atoms with Gasteiger partial charge in [0.15, 0.2) is 5.82 Å². The molecule has 60 heavy (non-hydrogen) atoms. The molecule has 3 aliphatic heterocycles. The van der Waals surface area contributed by atoms with Gasteiger partial charge in [0.05, 0.1) is 18.4 Å². The van der Waals surface area contributed by atoms with Gasteiger partial charge < -0.3 is 19.9 Å². The molecule has 5 heterocycles. The van der Waals surface area contributed by atoms with Crippen molar-refractivity contribution < 1.29 is 32.3 Å². The van der Waals surface area contributed by atoms with Crippen LogP contribution in [0.3, 0.4) is 0 Å². The number of carbonyl (C=O) groups excluding carboxylic acids is 3. The summed E-state index contributed by atoms with van der Waals surface area (Å²) in [7, 11) is 0. The molecule has 2 aromatic heterocycles. The summed E-state index contributed by atoms with van der Waals surface area (Å²) in [4.78, 5) is 63.2. The molecule has 1 saturated carbocycles. The summed E-state index contributed by atoms with van der Waals surface area (Å²) in [5.74, 6) is -1.51. The predicted molar refractivity (Wildman–Crippen MR) is 218 cm³/mol. The quantitative estimate of drug-likeness (QED) is 0.193. The number of ether oxygens (including phenoxy) is 1. The van der Waals surface area contributed by atoms with Gasteiger partial charge in [-0.05, 0) is 87.3 Å². The number of benzene rings is 2. The zero-order valence-electron chi connectivity index (χ0n) is 33.3. The van der Waals surface area contributed by atoms with E-state index < -0.39 is 17.8 Å². The molecule has 13 nitrogen and oxygen atoms in total. The first-order valence-corrected chi connectivity index (χ1v) is 20.9. The molecule has 3 atom stereocenters. The van der Waals surface area contributed by atoms with Crippen LogP contribution >= 0.6 is 0 Å². The third-order valence-corrected chi connectivity index (χ3v) is 12.3. The Hall–Kier alpha value is -5.77. The van der Waals surface area contributed by atoms with Crippen LogP contribution < -0.4 is 21.1 Å². The third kappa shape index (κ3) is 9.48. The number of hydrogen-bond donors (Lipinski definition) is 2. The molecule has 3 saturated heterocycles. The Balaban J connectivity index is 0.764. The normalized spacial score (nSPS) is 23.9. The van der Waals surface area contributed by atoms with Gasteiger partial charge in [0, 0.05) is 80.7 Å². The molecule has 4 aromatic rings. The topological polar surface area (TPSA) is 142 Å². The van der Waals surface area contributed by atoms with Crippen molar-refractivity contribution in [3.8, 4) is 16.9 Å². The molecule has 4 fully saturated rings. The summed E-state index contributed by atoms with van der Waals surface area (Å²) in [5, 5.41) is 5.67. The van der Waals surface area contributed by atoms with Crippen molar-refractivity contribution in [2.24, 2.45) is 5.92 Å². The molecule has 1 aliphatic carbocycles. The van der Waals surface area contributed by atoms with Crippen molar-refractivity contribution in [1.82, 2.24) is 29.7 Å². The van der Waals surface area contributed by atoms with Crippen LogP contribution in [0.5, 0.6) is 0 Å². The Labute approximate surface area is 345 Å². The second-order valence-corrected chi connectivity index (χ2v) is 16.2. The van der Waals surface area contributed by atoms with Crippen LogP contribution in [0.15, 0.2) is 77.9 Å². The molecule has 3 amide bonds. The highest BCUT2D eigenvalue weighted by molar-refractivity contribution is 5.98. The molecule has 2 N–H and O–H groups in total. The lowest BCUT2D eigenvalue weighted by Gasteiger charge is -2.44. The summed E-state index contributed by atoms with van der Waals surface area (Å²) in [6.45, 7) is 2.44. The van der Waals surface area contributed by atoms with E-state index in [9.17, 15) is 23.6 Å². The first kappa shape index (κ1) is 41.0. The minimum atomic E-state index is -1.20. The van der Waals surface area contributed by atoms with E-state index in [-0.39, 0.29) is 65.8 Å². The molecule has 3 unspecified atom stereocenters. The number of alkyl halides is 1. The number of aromatic nitrogens is 3. The number of imide groups is 1. The summed E-state index contributed by atoms with van der Waals surface area (Å²) in [5.41, 5.74) is 2.13. The van der Waals surface area contributed by atoms with Gasteiger partial charge in [-0.25, -0.2) is 27.9 Å². The Bertz CT molecular complexity index is 2260. The summed E-state index contributed by atoms with van der Waals surface area (Å²) < 4.78 is 53.3. The lowest BCUT2D eigenvalue weighted by molar-refractivity contribution is -0.136. The maximum atomic E-state index is 15.7. The van der Waals surface area contributed by atoms with E-state index in [1.54, 1.807) is 58.5 Å². The number of anilines is 2. The number of aryl methyl sites for hydroxylation is 1. The maximum Gasteiger partial charge on any atom is 0.410 e. The second-order valence-electron chi connectivity index (χ2n) is 16.2. The highest BCUT2D eigenvalue weighted by Gasteiger charge is 2.37. The first-order valence-electron chi connectivity index (χ1n) is 20.9. The van der Waals surface area contributed by atoms with Gasteiger partial charge in [-0.1, -0.05) is 24.3 Å². The lowest BCUT2D eigenvalue weighted by Crippen LogP contribution is -2.58. The minimum absolute atomic E-state index is 0.00354. The number of piperazine rings is 1. The van der Waals surface area contributed by atoms with E-state index in [0.29, 0.717) is 107 Å². The van der Waals surface area contributed by atoms with Gasteiger partial charge in [0.1, 0.15) is 23.8 Å². The molecule has 4 aliphatic rings. The van der Waals surface area contributed by atoms with E-state index in [0.717, 1.165) is 11.8 Å². The molecular formula is C44H49F3N8O5. The number of carbonyl (C=O) groups is 3. The maximum absolute atomic E-state index is 15.7. The number of hydrogen-bond acceptors (Lipinski definition) is 10. The number of nitrogens with one attached hydrogen (secondary N) is 2. The Morgan fingerprint density at radius 2 is 1.70 bits per heavy atom. The van der Waals surface area contributed by atoms with Gasteiger partial charge in [0.25, 0.3) is 5.56 Å². The highest BCUT2D eigenvalue weighted by Crippen LogP contribution is 2.31. The van der Waals surface area contributed by atoms with Crippen LogP contribution in [0.25, 0.3) is 16.9 Å². The zero-order valence-corrected chi connectivity index (χ0v) is 33.3. The number of halogens is 3. The fraction of sp³-hybridized carbons (Fsp3) is 0.455. The predicted octanol–water partition coefficient (Wildman–Crippen LogP) is 5.65. The van der Waals surface area contributed by atoms with Crippen LogP contribution in [-0.4, -0.2) is 106 Å². The van der Waals surface area contributed by atoms with Crippen LogP contribution in [0.4, 0.5) is 29.6 Å². The molecule has 16 heteroatoms. The Morgan fingerprint density at radius 1 is 0.883 bits per heavy atom. The molecule has 0 spiro atoms. The second kappa shape index (κ2) is 18.2. The van der Waals surface area contributed by atoms with Gasteiger partial charge in [-0.2, -0.15) is 0 Å². The Morgan fingerprint density at radius 3 is 2.45 bits per heavy atom. The van der Waals surface area contributed by atoms with E-state index in [1.165, 1.54) is 16.7 Å². The lowest BCUT2D eigenvalue weighted by atomic mass is 9.91. The van der Waals surface area contributed by atoms with Crippen molar-refractivity contribution in [3.05, 3.63) is 101 Å². The highest BCUT2D eigenvalue weighted by atomic mass is 19.1. The van der Waals surface area contributed by atoms with Crippen molar-refractivity contribution in [2.75, 3.05) is 49.5 Å². The zero-order chi connectivity index (χ0) is 41.8. The van der Waals surface area contributed by atoms with Gasteiger partial charge >= 0.3 is 6.09 Å². The number of piperidine rings is 2. The fourth-order valence-corrected chi connectivity index (χ4v) is 8.88. The fourth-order valence-electron chi connectivity index (χ4n) is 8.88. The van der Waals surface area contributed by atoms with Crippen LogP contribution in [0.2, 0.25) is 0 Å². The third-order valence-electron chi connectivity index (χ3n) is 12.3. The largest absolute Gasteiger partial charge is 0.446 e. The van der Waals surface area contributed by atoms with Crippen LogP contribution in [0.1, 0.15) is 56.9 Å². The molecule has 2 aromatic carbocycles. The number of rotatable bonds is 10. The smallest absolute Gasteiger partial charge is 0.410 e. The first-order chi connectivity index (χ1) is 29.1. The average Bonchev–Trinajstić information content (AvgIpc) is 3.25. The molecule has 0 bridgehead atoms. The van der Waals surface area contributed by atoms with E-state index in [1.807, 2.05) is 6.07 Å². The molecule has 316 valence electrons. The number of pyridine rings is 1. The molecule has 8 rings (SSSR count). The van der Waals surface area contributed by atoms with Crippen molar-refractivity contribution in [1.29, 1.82) is 0 Å². The van der Waals surface area contributed by atoms with Gasteiger partial charge in [-0.3, -0.25) is 29.2 Å². The average molecular weight is 827 g/mol. The standard InChI is InChI=1S/C44H49F3N8O5/c45-34-24-28(7-9-29-10-16-39(56)50-42(29)58)8-15-37(34)54-19-17-38(36(47)27-54)52-20-22-53(23-21-52)44(59)60-33-13-11-31(12-14-33)49-43-48-26-35(46)41(51-43)30-4-3-5-32(25-30)55-18-2-1-6-40(55)57/h1-6,8,15,18,24-26,29,31,33,36,38H,7,9-14,16-17,19-23,27H2,(H,48,49,51)(H,50,56,58). The van der Waals surface area contributed by atoms with E-state index in [4.69, 9.17) is 4.74 Å². The van der Waals surface area contributed by atoms with E-state index in [2.05, 4.69) is 25.5 Å². The van der Waals surface area contributed by atoms with E-state index >= 15 is 8.78 Å².